The van der Waals surface area contributed by atoms with Crippen molar-refractivity contribution in [3.05, 3.63) is 64.7 Å². The summed E-state index contributed by atoms with van der Waals surface area (Å²) in [5.74, 6) is 0.532. The van der Waals surface area contributed by atoms with Crippen molar-refractivity contribution in [2.24, 2.45) is 0 Å². The molecular formula is C13H9FN2O3. The van der Waals surface area contributed by atoms with Crippen molar-refractivity contribution < 1.29 is 13.3 Å². The van der Waals surface area contributed by atoms with Crippen molar-refractivity contribution in [3.8, 4) is 11.5 Å². The van der Waals surface area contributed by atoms with Crippen molar-refractivity contribution in [1.82, 2.24) is 9.72 Å². The van der Waals surface area contributed by atoms with Crippen LogP contribution in [-0.4, -0.2) is 9.72 Å². The van der Waals surface area contributed by atoms with Crippen LogP contribution in [0.4, 0.5) is 4.39 Å². The van der Waals surface area contributed by atoms with Crippen molar-refractivity contribution in [2.45, 2.75) is 6.54 Å². The molecule has 0 fully saturated rings. The van der Waals surface area contributed by atoms with E-state index in [4.69, 9.17) is 8.94 Å². The van der Waals surface area contributed by atoms with E-state index in [1.165, 1.54) is 16.9 Å². The van der Waals surface area contributed by atoms with Gasteiger partial charge in [-0.1, -0.05) is 5.16 Å². The summed E-state index contributed by atoms with van der Waals surface area (Å²) in [6, 6.07) is 7.40. The van der Waals surface area contributed by atoms with E-state index in [-0.39, 0.29) is 12.1 Å². The van der Waals surface area contributed by atoms with Crippen LogP contribution >= 0.6 is 0 Å². The number of nitrogens with zero attached hydrogens (tertiary/aromatic N) is 2. The van der Waals surface area contributed by atoms with Crippen LogP contribution in [0.2, 0.25) is 0 Å². The first kappa shape index (κ1) is 11.5. The lowest BCUT2D eigenvalue weighted by molar-refractivity contribution is 0.408. The maximum absolute atomic E-state index is 13.1. The molecule has 0 saturated heterocycles. The van der Waals surface area contributed by atoms with Gasteiger partial charge in [-0.25, -0.2) is 4.39 Å². The van der Waals surface area contributed by atoms with Crippen LogP contribution in [0.5, 0.6) is 0 Å². The zero-order valence-corrected chi connectivity index (χ0v) is 9.75. The monoisotopic (exact) mass is 260 g/mol. The SMILES string of the molecule is O=c1ccc(F)cn1Cc1cc(-c2ccco2)on1. The molecule has 0 bridgehead atoms. The highest BCUT2D eigenvalue weighted by Crippen LogP contribution is 2.20. The molecule has 0 spiro atoms. The Kier molecular flexibility index (Phi) is 2.75. The first-order chi connectivity index (χ1) is 9.22. The lowest BCUT2D eigenvalue weighted by atomic mass is 10.3. The molecule has 0 atom stereocenters. The molecule has 0 amide bonds. The summed E-state index contributed by atoms with van der Waals surface area (Å²) in [4.78, 5) is 11.5. The zero-order valence-electron chi connectivity index (χ0n) is 9.75. The summed E-state index contributed by atoms with van der Waals surface area (Å²) in [7, 11) is 0. The van der Waals surface area contributed by atoms with Crippen molar-refractivity contribution in [1.29, 1.82) is 0 Å². The molecule has 19 heavy (non-hydrogen) atoms. The molecule has 0 unspecified atom stereocenters. The Balaban J connectivity index is 1.88. The van der Waals surface area contributed by atoms with Gasteiger partial charge >= 0.3 is 0 Å². The molecule has 3 heterocycles. The second-order valence-corrected chi connectivity index (χ2v) is 3.97. The summed E-state index contributed by atoms with van der Waals surface area (Å²) >= 11 is 0. The molecule has 6 heteroatoms. The Hall–Kier alpha value is -2.63. The topological polar surface area (TPSA) is 61.2 Å². The Morgan fingerprint density at radius 3 is 2.95 bits per heavy atom. The van der Waals surface area contributed by atoms with Crippen molar-refractivity contribution in [3.63, 3.8) is 0 Å². The van der Waals surface area contributed by atoms with Crippen LogP contribution in [-0.2, 0) is 6.54 Å². The van der Waals surface area contributed by atoms with E-state index in [0.29, 0.717) is 17.2 Å². The summed E-state index contributed by atoms with van der Waals surface area (Å²) in [5, 5.41) is 3.82. The van der Waals surface area contributed by atoms with Gasteiger partial charge in [0.15, 0.2) is 5.76 Å². The van der Waals surface area contributed by atoms with Crippen LogP contribution < -0.4 is 5.56 Å². The quantitative estimate of drug-likeness (QED) is 0.724. The molecule has 0 saturated carbocycles. The summed E-state index contributed by atoms with van der Waals surface area (Å²) in [6.45, 7) is 0.140. The van der Waals surface area contributed by atoms with Gasteiger partial charge in [-0.2, -0.15) is 0 Å². The van der Waals surface area contributed by atoms with E-state index in [1.54, 1.807) is 18.2 Å². The van der Waals surface area contributed by atoms with Crippen LogP contribution in [0.1, 0.15) is 5.69 Å². The molecule has 0 radical (unpaired) electrons. The predicted molar refractivity (Wildman–Crippen MR) is 64.0 cm³/mol. The van der Waals surface area contributed by atoms with E-state index in [2.05, 4.69) is 5.16 Å². The van der Waals surface area contributed by atoms with Gasteiger partial charge in [0.25, 0.3) is 5.56 Å². The number of rotatable bonds is 3. The Morgan fingerprint density at radius 2 is 2.16 bits per heavy atom. The maximum Gasteiger partial charge on any atom is 0.251 e. The fourth-order valence-electron chi connectivity index (χ4n) is 1.72. The average molecular weight is 260 g/mol. The van der Waals surface area contributed by atoms with Gasteiger partial charge in [-0.15, -0.1) is 0 Å². The second kappa shape index (κ2) is 4.56. The standard InChI is InChI=1S/C13H9FN2O3/c14-9-3-4-13(17)16(7-9)8-10-6-12(19-15-10)11-2-1-5-18-11/h1-7H,8H2. The Bertz CT molecular complexity index is 743. The lowest BCUT2D eigenvalue weighted by Gasteiger charge is -2.01. The fourth-order valence-corrected chi connectivity index (χ4v) is 1.72. The normalized spacial score (nSPS) is 10.8. The largest absolute Gasteiger partial charge is 0.461 e. The molecule has 96 valence electrons. The maximum atomic E-state index is 13.1. The van der Waals surface area contributed by atoms with Crippen LogP contribution in [0, 0.1) is 5.82 Å². The Labute approximate surface area is 106 Å². The number of hydrogen-bond donors (Lipinski definition) is 0. The van der Waals surface area contributed by atoms with Crippen LogP contribution in [0.3, 0.4) is 0 Å². The van der Waals surface area contributed by atoms with Gasteiger partial charge in [0.1, 0.15) is 11.5 Å². The lowest BCUT2D eigenvalue weighted by Crippen LogP contribution is -2.19. The highest BCUT2D eigenvalue weighted by Gasteiger charge is 2.10. The molecule has 0 aliphatic heterocycles. The number of halogens is 1. The summed E-state index contributed by atoms with van der Waals surface area (Å²) in [5.41, 5.74) is 0.211. The molecule has 0 aliphatic carbocycles. The Morgan fingerprint density at radius 1 is 1.26 bits per heavy atom. The fraction of sp³-hybridized carbons (Fsp3) is 0.0769. The summed E-state index contributed by atoms with van der Waals surface area (Å²) < 4.78 is 24.5. The second-order valence-electron chi connectivity index (χ2n) is 3.97. The smallest absolute Gasteiger partial charge is 0.251 e. The van der Waals surface area contributed by atoms with E-state index in [9.17, 15) is 9.18 Å². The van der Waals surface area contributed by atoms with Gasteiger partial charge in [0.05, 0.1) is 12.8 Å². The molecular weight excluding hydrogens is 251 g/mol. The summed E-state index contributed by atoms with van der Waals surface area (Å²) in [6.07, 6.45) is 2.65. The van der Waals surface area contributed by atoms with Gasteiger partial charge in [-0.05, 0) is 18.2 Å². The minimum atomic E-state index is -0.477. The minimum Gasteiger partial charge on any atom is -0.461 e. The highest BCUT2D eigenvalue weighted by atomic mass is 19.1. The van der Waals surface area contributed by atoms with Crippen LogP contribution in [0.15, 0.2) is 56.5 Å². The number of furan rings is 1. The predicted octanol–water partition coefficient (Wildman–Crippen LogP) is 2.28. The molecule has 5 nitrogen and oxygen atoms in total. The highest BCUT2D eigenvalue weighted by molar-refractivity contribution is 5.49. The third-order valence-corrected chi connectivity index (χ3v) is 2.60. The van der Waals surface area contributed by atoms with E-state index in [1.807, 2.05) is 0 Å². The molecule has 3 aromatic heterocycles. The number of hydrogen-bond acceptors (Lipinski definition) is 4. The van der Waals surface area contributed by atoms with E-state index in [0.717, 1.165) is 12.3 Å². The molecule has 0 aliphatic rings. The molecule has 3 rings (SSSR count). The van der Waals surface area contributed by atoms with Crippen molar-refractivity contribution >= 4 is 0 Å². The number of pyridine rings is 1. The number of aromatic nitrogens is 2. The van der Waals surface area contributed by atoms with Crippen LogP contribution in [0.25, 0.3) is 11.5 Å². The van der Waals surface area contributed by atoms with Gasteiger partial charge < -0.3 is 13.5 Å². The van der Waals surface area contributed by atoms with Gasteiger partial charge in [0, 0.05) is 18.3 Å². The van der Waals surface area contributed by atoms with E-state index < -0.39 is 5.82 Å². The third kappa shape index (κ3) is 2.33. The van der Waals surface area contributed by atoms with Gasteiger partial charge in [0.2, 0.25) is 5.76 Å². The van der Waals surface area contributed by atoms with Gasteiger partial charge in [-0.3, -0.25) is 4.79 Å². The minimum absolute atomic E-state index is 0.140. The van der Waals surface area contributed by atoms with E-state index >= 15 is 0 Å². The molecule has 0 aromatic carbocycles. The first-order valence-electron chi connectivity index (χ1n) is 5.58. The molecule has 0 N–H and O–H groups in total. The third-order valence-electron chi connectivity index (χ3n) is 2.60. The van der Waals surface area contributed by atoms with Crippen molar-refractivity contribution in [2.75, 3.05) is 0 Å². The molecule has 3 aromatic rings. The average Bonchev–Trinajstić information content (AvgIpc) is 3.04. The zero-order chi connectivity index (χ0) is 13.2. The first-order valence-corrected chi connectivity index (χ1v) is 5.58.